The van der Waals surface area contributed by atoms with Gasteiger partial charge < -0.3 is 16.0 Å². The zero-order valence-electron chi connectivity index (χ0n) is 13.9. The van der Waals surface area contributed by atoms with Gasteiger partial charge in [0.15, 0.2) is 0 Å². The van der Waals surface area contributed by atoms with Gasteiger partial charge in [0.1, 0.15) is 0 Å². The highest BCUT2D eigenvalue weighted by molar-refractivity contribution is 6.43. The Kier molecular flexibility index (Phi) is 6.67. The van der Waals surface area contributed by atoms with E-state index < -0.39 is 0 Å². The van der Waals surface area contributed by atoms with E-state index >= 15 is 0 Å². The van der Waals surface area contributed by atoms with Gasteiger partial charge in [-0.1, -0.05) is 35.3 Å². The molecule has 0 spiro atoms. The molecule has 0 heterocycles. The monoisotopic (exact) mass is 379 g/mol. The van der Waals surface area contributed by atoms with Crippen LogP contribution in [0.15, 0.2) is 42.5 Å². The van der Waals surface area contributed by atoms with Gasteiger partial charge in [-0.2, -0.15) is 0 Å². The lowest BCUT2D eigenvalue weighted by molar-refractivity contribution is -0.114. The molecule has 0 saturated heterocycles. The second-order valence-corrected chi connectivity index (χ2v) is 6.50. The maximum absolute atomic E-state index is 12.1. The molecule has 0 aliphatic carbocycles. The summed E-state index contributed by atoms with van der Waals surface area (Å²) in [7, 11) is 0. The number of hydrogen-bond acceptors (Lipinski definition) is 3. The van der Waals surface area contributed by atoms with Gasteiger partial charge in [0.25, 0.3) is 5.91 Å². The highest BCUT2D eigenvalue weighted by Gasteiger charge is 2.10. The van der Waals surface area contributed by atoms with Crippen molar-refractivity contribution in [2.24, 2.45) is 0 Å². The third-order valence-electron chi connectivity index (χ3n) is 3.22. The summed E-state index contributed by atoms with van der Waals surface area (Å²) in [5, 5.41) is 9.25. The number of halogens is 2. The lowest BCUT2D eigenvalue weighted by Gasteiger charge is -2.11. The van der Waals surface area contributed by atoms with E-state index in [9.17, 15) is 9.59 Å². The summed E-state index contributed by atoms with van der Waals surface area (Å²) in [5.41, 5.74) is 1.60. The van der Waals surface area contributed by atoms with Gasteiger partial charge in [0.05, 0.1) is 22.3 Å². The zero-order valence-corrected chi connectivity index (χ0v) is 15.4. The van der Waals surface area contributed by atoms with E-state index in [1.165, 1.54) is 0 Å². The van der Waals surface area contributed by atoms with Crippen LogP contribution in [-0.2, 0) is 4.79 Å². The Balaban J connectivity index is 1.96. The van der Waals surface area contributed by atoms with E-state index in [1.54, 1.807) is 42.5 Å². The van der Waals surface area contributed by atoms with Crippen molar-refractivity contribution in [1.29, 1.82) is 0 Å². The Labute approximate surface area is 156 Å². The summed E-state index contributed by atoms with van der Waals surface area (Å²) in [5.74, 6) is -0.451. The Bertz CT molecular complexity index is 779. The number of anilines is 2. The molecule has 3 N–H and O–H groups in total. The molecule has 0 saturated carbocycles. The SMILES string of the molecule is CC(C)NC(=O)c1cccc(NC(=O)CNc2cccc(Cl)c2Cl)c1. The third-order valence-corrected chi connectivity index (χ3v) is 4.04. The van der Waals surface area contributed by atoms with Crippen molar-refractivity contribution in [2.45, 2.75) is 19.9 Å². The average molecular weight is 380 g/mol. The van der Waals surface area contributed by atoms with E-state index in [2.05, 4.69) is 16.0 Å². The van der Waals surface area contributed by atoms with Crippen LogP contribution in [0.1, 0.15) is 24.2 Å². The first-order chi connectivity index (χ1) is 11.9. The Morgan fingerprint density at radius 1 is 1.08 bits per heavy atom. The molecular formula is C18H19Cl2N3O2. The molecule has 0 aliphatic rings. The fourth-order valence-electron chi connectivity index (χ4n) is 2.10. The maximum atomic E-state index is 12.1. The van der Waals surface area contributed by atoms with Crippen LogP contribution in [-0.4, -0.2) is 24.4 Å². The number of amides is 2. The van der Waals surface area contributed by atoms with Crippen molar-refractivity contribution < 1.29 is 9.59 Å². The van der Waals surface area contributed by atoms with Crippen LogP contribution in [0.5, 0.6) is 0 Å². The third kappa shape index (κ3) is 5.66. The number of nitrogens with one attached hydrogen (secondary N) is 3. The molecule has 132 valence electrons. The Hall–Kier alpha value is -2.24. The second-order valence-electron chi connectivity index (χ2n) is 5.71. The van der Waals surface area contributed by atoms with Crippen LogP contribution < -0.4 is 16.0 Å². The van der Waals surface area contributed by atoms with Gasteiger partial charge in [0.2, 0.25) is 5.91 Å². The summed E-state index contributed by atoms with van der Waals surface area (Å²) >= 11 is 12.0. The van der Waals surface area contributed by atoms with Crippen LogP contribution in [0.2, 0.25) is 10.0 Å². The van der Waals surface area contributed by atoms with Crippen LogP contribution in [0, 0.1) is 0 Å². The minimum Gasteiger partial charge on any atom is -0.375 e. The van der Waals surface area contributed by atoms with E-state index in [1.807, 2.05) is 13.8 Å². The van der Waals surface area contributed by atoms with Gasteiger partial charge in [-0.15, -0.1) is 0 Å². The normalized spacial score (nSPS) is 10.4. The largest absolute Gasteiger partial charge is 0.375 e. The molecule has 2 aromatic rings. The molecule has 2 rings (SSSR count). The molecule has 0 aromatic heterocycles. The van der Waals surface area contributed by atoms with E-state index in [-0.39, 0.29) is 24.4 Å². The predicted octanol–water partition coefficient (Wildman–Crippen LogP) is 4.18. The van der Waals surface area contributed by atoms with Crippen molar-refractivity contribution in [3.63, 3.8) is 0 Å². The molecule has 0 bridgehead atoms. The highest BCUT2D eigenvalue weighted by atomic mass is 35.5. The van der Waals surface area contributed by atoms with E-state index in [4.69, 9.17) is 23.2 Å². The zero-order chi connectivity index (χ0) is 18.4. The molecule has 0 fully saturated rings. The summed E-state index contributed by atoms with van der Waals surface area (Å²) < 4.78 is 0. The van der Waals surface area contributed by atoms with Crippen LogP contribution >= 0.6 is 23.2 Å². The number of carbonyl (C=O) groups is 2. The average Bonchev–Trinajstić information content (AvgIpc) is 2.56. The summed E-state index contributed by atoms with van der Waals surface area (Å²) in [6.45, 7) is 3.79. The Morgan fingerprint density at radius 2 is 1.80 bits per heavy atom. The molecular weight excluding hydrogens is 361 g/mol. The topological polar surface area (TPSA) is 70.2 Å². The molecule has 25 heavy (non-hydrogen) atoms. The summed E-state index contributed by atoms with van der Waals surface area (Å²) in [4.78, 5) is 24.1. The highest BCUT2D eigenvalue weighted by Crippen LogP contribution is 2.29. The standard InChI is InChI=1S/C18H19Cl2N3O2/c1-11(2)22-18(25)12-5-3-6-13(9-12)23-16(24)10-21-15-8-4-7-14(19)17(15)20/h3-9,11,21H,10H2,1-2H3,(H,22,25)(H,23,24). The van der Waals surface area contributed by atoms with Crippen LogP contribution in [0.25, 0.3) is 0 Å². The van der Waals surface area contributed by atoms with Crippen LogP contribution in [0.3, 0.4) is 0 Å². The Morgan fingerprint density at radius 3 is 2.52 bits per heavy atom. The van der Waals surface area contributed by atoms with E-state index in [0.717, 1.165) is 0 Å². The van der Waals surface area contributed by atoms with Crippen molar-refractivity contribution in [2.75, 3.05) is 17.2 Å². The van der Waals surface area contributed by atoms with Gasteiger partial charge in [0, 0.05) is 17.3 Å². The molecule has 2 aromatic carbocycles. The molecule has 0 atom stereocenters. The molecule has 0 radical (unpaired) electrons. The van der Waals surface area contributed by atoms with Crippen molar-refractivity contribution in [3.05, 3.63) is 58.1 Å². The number of rotatable bonds is 6. The first-order valence-corrected chi connectivity index (χ1v) is 8.51. The molecule has 7 heteroatoms. The van der Waals surface area contributed by atoms with Crippen molar-refractivity contribution in [3.8, 4) is 0 Å². The van der Waals surface area contributed by atoms with E-state index in [0.29, 0.717) is 27.0 Å². The summed E-state index contributed by atoms with van der Waals surface area (Å²) in [6, 6.07) is 11.9. The second kappa shape index (κ2) is 8.74. The fourth-order valence-corrected chi connectivity index (χ4v) is 2.47. The maximum Gasteiger partial charge on any atom is 0.251 e. The molecule has 2 amide bonds. The fraction of sp³-hybridized carbons (Fsp3) is 0.222. The summed E-state index contributed by atoms with van der Waals surface area (Å²) in [6.07, 6.45) is 0. The van der Waals surface area contributed by atoms with Crippen molar-refractivity contribution in [1.82, 2.24) is 5.32 Å². The minimum atomic E-state index is -0.266. The minimum absolute atomic E-state index is 0.0163. The van der Waals surface area contributed by atoms with Gasteiger partial charge >= 0.3 is 0 Å². The van der Waals surface area contributed by atoms with Gasteiger partial charge in [-0.25, -0.2) is 0 Å². The number of carbonyl (C=O) groups excluding carboxylic acids is 2. The van der Waals surface area contributed by atoms with Gasteiger partial charge in [-0.3, -0.25) is 9.59 Å². The lowest BCUT2D eigenvalue weighted by Crippen LogP contribution is -2.30. The molecule has 5 nitrogen and oxygen atoms in total. The number of benzene rings is 2. The lowest BCUT2D eigenvalue weighted by atomic mass is 10.1. The molecule has 0 unspecified atom stereocenters. The first kappa shape index (κ1) is 19.1. The van der Waals surface area contributed by atoms with Crippen LogP contribution in [0.4, 0.5) is 11.4 Å². The molecule has 0 aliphatic heterocycles. The predicted molar refractivity (Wildman–Crippen MR) is 103 cm³/mol. The van der Waals surface area contributed by atoms with Crippen molar-refractivity contribution >= 4 is 46.4 Å². The smallest absolute Gasteiger partial charge is 0.251 e. The quantitative estimate of drug-likeness (QED) is 0.704. The number of hydrogen-bond donors (Lipinski definition) is 3. The first-order valence-electron chi connectivity index (χ1n) is 7.75. The van der Waals surface area contributed by atoms with Gasteiger partial charge in [-0.05, 0) is 44.2 Å².